The zero-order valence-electron chi connectivity index (χ0n) is 16.3. The van der Waals surface area contributed by atoms with Gasteiger partial charge in [-0.2, -0.15) is 13.2 Å². The number of fused-ring (bicyclic) bond motifs is 1. The zero-order valence-corrected chi connectivity index (χ0v) is 16.3. The van der Waals surface area contributed by atoms with E-state index in [0.717, 1.165) is 10.6 Å². The predicted molar refractivity (Wildman–Crippen MR) is 101 cm³/mol. The van der Waals surface area contributed by atoms with Gasteiger partial charge in [0, 0.05) is 29.8 Å². The summed E-state index contributed by atoms with van der Waals surface area (Å²) in [5.41, 5.74) is -3.73. The fourth-order valence-corrected chi connectivity index (χ4v) is 3.72. The first-order valence-electron chi connectivity index (χ1n) is 9.11. The molecule has 3 rings (SSSR count). The van der Waals surface area contributed by atoms with Gasteiger partial charge >= 0.3 is 6.18 Å². The molecular weight excluding hydrogens is 388 g/mol. The molecule has 0 aliphatic heterocycles. The van der Waals surface area contributed by atoms with Crippen LogP contribution in [0.3, 0.4) is 0 Å². The summed E-state index contributed by atoms with van der Waals surface area (Å²) in [6.45, 7) is 3.25. The van der Waals surface area contributed by atoms with Gasteiger partial charge in [0.1, 0.15) is 11.6 Å². The van der Waals surface area contributed by atoms with E-state index in [1.165, 1.54) is 49.8 Å². The second kappa shape index (κ2) is 7.33. The van der Waals surface area contributed by atoms with Gasteiger partial charge in [-0.15, -0.1) is 0 Å². The number of benzene rings is 1. The molecule has 2 atom stereocenters. The average molecular weight is 410 g/mol. The van der Waals surface area contributed by atoms with E-state index in [2.05, 4.69) is 4.98 Å². The highest BCUT2D eigenvalue weighted by molar-refractivity contribution is 5.75. The number of pyridine rings is 1. The highest BCUT2D eigenvalue weighted by Gasteiger charge is 2.58. The van der Waals surface area contributed by atoms with Crippen LogP contribution < -0.4 is 4.74 Å². The van der Waals surface area contributed by atoms with Crippen molar-refractivity contribution in [3.8, 4) is 5.75 Å². The van der Waals surface area contributed by atoms with E-state index in [4.69, 9.17) is 4.74 Å². The molecule has 8 heteroatoms. The molecule has 3 aromatic rings. The molecule has 0 fully saturated rings. The Balaban J connectivity index is 2.19. The molecule has 2 heterocycles. The predicted octanol–water partition coefficient (Wildman–Crippen LogP) is 5.15. The van der Waals surface area contributed by atoms with Crippen LogP contribution in [0.5, 0.6) is 5.75 Å². The zero-order chi connectivity index (χ0) is 21.4. The minimum Gasteiger partial charge on any atom is -0.496 e. The number of rotatable bonds is 6. The minimum absolute atomic E-state index is 0.150. The maximum Gasteiger partial charge on any atom is 0.436 e. The maximum atomic E-state index is 14.2. The van der Waals surface area contributed by atoms with E-state index in [1.807, 2.05) is 0 Å². The monoisotopic (exact) mass is 410 g/mol. The first kappa shape index (κ1) is 21.1. The number of aliphatic hydroxyl groups is 1. The summed E-state index contributed by atoms with van der Waals surface area (Å²) in [5, 5.41) is 11.0. The Morgan fingerprint density at radius 2 is 1.90 bits per heavy atom. The number of alkyl halides is 3. The molecule has 0 radical (unpaired) electrons. The van der Waals surface area contributed by atoms with E-state index in [0.29, 0.717) is 5.52 Å². The van der Waals surface area contributed by atoms with Crippen molar-refractivity contribution in [3.05, 3.63) is 60.2 Å². The third kappa shape index (κ3) is 3.57. The van der Waals surface area contributed by atoms with Crippen LogP contribution in [-0.2, 0) is 11.1 Å². The molecular formula is C21H22F4N2O2. The maximum absolute atomic E-state index is 14.2. The van der Waals surface area contributed by atoms with Crippen molar-refractivity contribution >= 4 is 11.0 Å². The molecule has 0 spiro atoms. The topological polar surface area (TPSA) is 47.3 Å². The molecule has 4 nitrogen and oxygen atoms in total. The SMILES string of the molecule is CCC(C)(CC(O)(n1ccc2ncccc21)C(F)(F)F)c1cc(F)ccc1OC. The summed E-state index contributed by atoms with van der Waals surface area (Å²) in [6, 6.07) is 8.10. The quantitative estimate of drug-likeness (QED) is 0.572. The van der Waals surface area contributed by atoms with Gasteiger partial charge in [-0.05, 0) is 42.8 Å². The Bertz CT molecular complexity index is 1020. The van der Waals surface area contributed by atoms with Gasteiger partial charge in [0.15, 0.2) is 0 Å². The second-order valence-electron chi connectivity index (χ2n) is 7.34. The summed E-state index contributed by atoms with van der Waals surface area (Å²) in [5.74, 6) is -0.328. The molecule has 0 saturated carbocycles. The van der Waals surface area contributed by atoms with Crippen molar-refractivity contribution in [1.82, 2.24) is 9.55 Å². The average Bonchev–Trinajstić information content (AvgIpc) is 3.11. The fourth-order valence-electron chi connectivity index (χ4n) is 3.72. The summed E-state index contributed by atoms with van der Waals surface area (Å²) in [4.78, 5) is 4.04. The van der Waals surface area contributed by atoms with E-state index in [1.54, 1.807) is 13.8 Å². The van der Waals surface area contributed by atoms with Crippen molar-refractivity contribution < 1.29 is 27.4 Å². The third-order valence-electron chi connectivity index (χ3n) is 5.54. The number of hydrogen-bond acceptors (Lipinski definition) is 3. The Morgan fingerprint density at radius 3 is 2.52 bits per heavy atom. The van der Waals surface area contributed by atoms with Crippen LogP contribution in [0.15, 0.2) is 48.8 Å². The molecule has 0 aliphatic rings. The Morgan fingerprint density at radius 1 is 1.17 bits per heavy atom. The number of methoxy groups -OCH3 is 1. The number of aromatic nitrogens is 2. The van der Waals surface area contributed by atoms with Crippen molar-refractivity contribution in [3.63, 3.8) is 0 Å². The van der Waals surface area contributed by atoms with Crippen molar-refractivity contribution in [1.29, 1.82) is 0 Å². The molecule has 2 aromatic heterocycles. The lowest BCUT2D eigenvalue weighted by Gasteiger charge is -2.41. The number of halogens is 4. The fraction of sp³-hybridized carbons (Fsp3) is 0.381. The van der Waals surface area contributed by atoms with E-state index in [9.17, 15) is 22.7 Å². The smallest absolute Gasteiger partial charge is 0.436 e. The van der Waals surface area contributed by atoms with Gasteiger partial charge in [-0.1, -0.05) is 13.8 Å². The Kier molecular flexibility index (Phi) is 5.34. The normalized spacial score (nSPS) is 16.4. The summed E-state index contributed by atoms with van der Waals surface area (Å²) < 4.78 is 62.7. The van der Waals surface area contributed by atoms with Gasteiger partial charge in [-0.3, -0.25) is 4.98 Å². The van der Waals surface area contributed by atoms with E-state index in [-0.39, 0.29) is 23.3 Å². The standard InChI is InChI=1S/C21H22F4N2O2/c1-4-19(2,15-12-14(22)7-8-18(15)29-3)13-20(28,21(23,24)25)27-11-9-16-17(27)6-5-10-26-16/h5-12,28H,4,13H2,1-3H3. The summed E-state index contributed by atoms with van der Waals surface area (Å²) in [7, 11) is 1.37. The Hall–Kier alpha value is -2.61. The van der Waals surface area contributed by atoms with Gasteiger partial charge in [0.2, 0.25) is 5.72 Å². The molecule has 156 valence electrons. The van der Waals surface area contributed by atoms with Crippen molar-refractivity contribution in [2.75, 3.05) is 7.11 Å². The van der Waals surface area contributed by atoms with Gasteiger partial charge < -0.3 is 14.4 Å². The first-order chi connectivity index (χ1) is 13.6. The highest BCUT2D eigenvalue weighted by atomic mass is 19.4. The first-order valence-corrected chi connectivity index (χ1v) is 9.11. The van der Waals surface area contributed by atoms with E-state index >= 15 is 0 Å². The lowest BCUT2D eigenvalue weighted by Crippen LogP contribution is -2.51. The van der Waals surface area contributed by atoms with Crippen LogP contribution >= 0.6 is 0 Å². The van der Waals surface area contributed by atoms with Crippen LogP contribution in [-0.4, -0.2) is 27.9 Å². The lowest BCUT2D eigenvalue weighted by molar-refractivity contribution is -0.305. The molecule has 29 heavy (non-hydrogen) atoms. The molecule has 1 N–H and O–H groups in total. The van der Waals surface area contributed by atoms with Crippen LogP contribution in [0, 0.1) is 5.82 Å². The Labute approximate surface area is 165 Å². The largest absolute Gasteiger partial charge is 0.496 e. The van der Waals surface area contributed by atoms with Gasteiger partial charge in [-0.25, -0.2) is 4.39 Å². The molecule has 0 aliphatic carbocycles. The third-order valence-corrected chi connectivity index (χ3v) is 5.54. The number of ether oxygens (including phenoxy) is 1. The summed E-state index contributed by atoms with van der Waals surface area (Å²) in [6.07, 6.45) is -2.88. The summed E-state index contributed by atoms with van der Waals surface area (Å²) >= 11 is 0. The molecule has 0 saturated heterocycles. The van der Waals surface area contributed by atoms with Crippen LogP contribution in [0.1, 0.15) is 32.3 Å². The van der Waals surface area contributed by atoms with Gasteiger partial charge in [0.25, 0.3) is 0 Å². The molecule has 2 unspecified atom stereocenters. The lowest BCUT2D eigenvalue weighted by atomic mass is 9.73. The second-order valence-corrected chi connectivity index (χ2v) is 7.34. The number of nitrogens with zero attached hydrogens (tertiary/aromatic N) is 2. The number of hydrogen-bond donors (Lipinski definition) is 1. The molecule has 1 aromatic carbocycles. The minimum atomic E-state index is -4.99. The molecule has 0 bridgehead atoms. The van der Waals surface area contributed by atoms with Crippen LogP contribution in [0.2, 0.25) is 0 Å². The van der Waals surface area contributed by atoms with Crippen LogP contribution in [0.4, 0.5) is 17.6 Å². The van der Waals surface area contributed by atoms with Crippen LogP contribution in [0.25, 0.3) is 11.0 Å². The van der Waals surface area contributed by atoms with E-state index < -0.39 is 29.6 Å². The van der Waals surface area contributed by atoms with Gasteiger partial charge in [0.05, 0.1) is 18.1 Å². The molecule has 0 amide bonds. The van der Waals surface area contributed by atoms with Crippen molar-refractivity contribution in [2.24, 2.45) is 0 Å². The highest BCUT2D eigenvalue weighted by Crippen LogP contribution is 2.48. The van der Waals surface area contributed by atoms with Crippen molar-refractivity contribution in [2.45, 2.75) is 44.0 Å².